The van der Waals surface area contributed by atoms with Crippen LogP contribution in [0.5, 0.6) is 0 Å². The van der Waals surface area contributed by atoms with Crippen molar-refractivity contribution in [2.75, 3.05) is 0 Å². The van der Waals surface area contributed by atoms with E-state index >= 15 is 0 Å². The minimum atomic E-state index is -0.369. The maximum atomic E-state index is 12.1. The Morgan fingerprint density at radius 1 is 1.12 bits per heavy atom. The Labute approximate surface area is 188 Å². The Morgan fingerprint density at radius 3 is 2.66 bits per heavy atom. The van der Waals surface area contributed by atoms with E-state index in [1.54, 1.807) is 6.26 Å². The van der Waals surface area contributed by atoms with Crippen molar-refractivity contribution in [2.45, 2.75) is 95.5 Å². The number of carbonyl (C=O) groups excluding carboxylic acids is 1. The number of rotatable bonds is 2. The molecule has 4 saturated carbocycles. The highest BCUT2D eigenvalue weighted by Gasteiger charge is 2.84. The van der Waals surface area contributed by atoms with E-state index in [9.17, 15) is 14.7 Å². The number of hydrogen-bond donors (Lipinski definition) is 1. The smallest absolute Gasteiger partial charge is 0.335 e. The molecule has 0 radical (unpaired) electrons. The first-order chi connectivity index (χ1) is 15.2. The van der Waals surface area contributed by atoms with Gasteiger partial charge in [-0.05, 0) is 79.7 Å². The van der Waals surface area contributed by atoms with Crippen molar-refractivity contribution >= 4 is 5.97 Å². The maximum absolute atomic E-state index is 12.1. The molecular formula is C26H34O6. The molecule has 1 spiro atoms. The molecule has 1 saturated heterocycles. The van der Waals surface area contributed by atoms with Crippen LogP contribution in [0.15, 0.2) is 27.6 Å². The number of ether oxygens (including phenoxy) is 2. The Morgan fingerprint density at radius 2 is 1.94 bits per heavy atom. The number of hydrogen-bond acceptors (Lipinski definition) is 6. The van der Waals surface area contributed by atoms with Gasteiger partial charge >= 0.3 is 11.6 Å². The third kappa shape index (κ3) is 2.54. The largest absolute Gasteiger partial charge is 0.459 e. The van der Waals surface area contributed by atoms with Crippen LogP contribution in [0.25, 0.3) is 0 Å². The fourth-order valence-corrected chi connectivity index (χ4v) is 9.10. The maximum Gasteiger partial charge on any atom is 0.335 e. The van der Waals surface area contributed by atoms with E-state index in [2.05, 4.69) is 13.8 Å². The third-order valence-corrected chi connectivity index (χ3v) is 10.5. The SMILES string of the molecule is CC(=O)O[C@H]1[C@H]2O[C@]23[C@@H]2CC[C@H]4C[C@@H](O)CC[C@]4(C)[C@H]2CC[C@]3(C)[C@H]1c1ccc(=O)oc1. The van der Waals surface area contributed by atoms with E-state index in [-0.39, 0.29) is 52.3 Å². The molecule has 6 heteroatoms. The first-order valence-corrected chi connectivity index (χ1v) is 12.3. The van der Waals surface area contributed by atoms with Crippen LogP contribution in [0.4, 0.5) is 0 Å². The highest BCUT2D eigenvalue weighted by molar-refractivity contribution is 5.66. The molecule has 0 aromatic carbocycles. The number of carbonyl (C=O) groups is 1. The van der Waals surface area contributed by atoms with Crippen molar-refractivity contribution in [1.29, 1.82) is 0 Å². The summed E-state index contributed by atoms with van der Waals surface area (Å²) in [6, 6.07) is 3.30. The summed E-state index contributed by atoms with van der Waals surface area (Å²) in [6.45, 7) is 6.23. The van der Waals surface area contributed by atoms with Crippen LogP contribution in [-0.4, -0.2) is 35.0 Å². The van der Waals surface area contributed by atoms with E-state index in [0.29, 0.717) is 17.8 Å². The lowest BCUT2D eigenvalue weighted by atomic mass is 9.44. The van der Waals surface area contributed by atoms with Crippen LogP contribution < -0.4 is 5.63 Å². The summed E-state index contributed by atoms with van der Waals surface area (Å²) in [5, 5.41) is 10.3. The lowest BCUT2D eigenvalue weighted by molar-refractivity contribution is -0.158. The van der Waals surface area contributed by atoms with E-state index in [1.165, 1.54) is 13.0 Å². The summed E-state index contributed by atoms with van der Waals surface area (Å²) < 4.78 is 17.8. The molecule has 174 valence electrons. The van der Waals surface area contributed by atoms with E-state index in [1.807, 2.05) is 6.07 Å². The lowest BCUT2D eigenvalue weighted by Crippen LogP contribution is -2.58. The van der Waals surface area contributed by atoms with Crippen LogP contribution in [0.1, 0.15) is 77.2 Å². The summed E-state index contributed by atoms with van der Waals surface area (Å²) in [4.78, 5) is 23.7. The van der Waals surface area contributed by atoms with Crippen molar-refractivity contribution < 1.29 is 23.8 Å². The highest BCUT2D eigenvalue weighted by atomic mass is 16.7. The van der Waals surface area contributed by atoms with E-state index in [4.69, 9.17) is 13.9 Å². The van der Waals surface area contributed by atoms with Gasteiger partial charge in [0.25, 0.3) is 0 Å². The second-order valence-electron chi connectivity index (χ2n) is 11.6. The van der Waals surface area contributed by atoms with Gasteiger partial charge in [-0.15, -0.1) is 0 Å². The average Bonchev–Trinajstić information content (AvgIpc) is 3.44. The zero-order chi connectivity index (χ0) is 22.5. The van der Waals surface area contributed by atoms with Crippen molar-refractivity contribution in [3.63, 3.8) is 0 Å². The van der Waals surface area contributed by atoms with Gasteiger partial charge in [0, 0.05) is 24.3 Å². The molecule has 6 nitrogen and oxygen atoms in total. The molecule has 2 heterocycles. The molecule has 1 aromatic rings. The van der Waals surface area contributed by atoms with Crippen molar-refractivity contribution in [2.24, 2.45) is 28.6 Å². The quantitative estimate of drug-likeness (QED) is 0.554. The molecule has 4 aliphatic carbocycles. The molecular weight excluding hydrogens is 408 g/mol. The van der Waals surface area contributed by atoms with Gasteiger partial charge in [-0.1, -0.05) is 13.8 Å². The van der Waals surface area contributed by atoms with Gasteiger partial charge in [-0.2, -0.15) is 0 Å². The van der Waals surface area contributed by atoms with Crippen LogP contribution in [0.3, 0.4) is 0 Å². The Balaban J connectivity index is 1.41. The van der Waals surface area contributed by atoms with Crippen LogP contribution >= 0.6 is 0 Å². The molecule has 5 fully saturated rings. The minimum Gasteiger partial charge on any atom is -0.459 e. The zero-order valence-electron chi connectivity index (χ0n) is 19.2. The van der Waals surface area contributed by atoms with Gasteiger partial charge in [0.15, 0.2) is 0 Å². The molecule has 0 amide bonds. The van der Waals surface area contributed by atoms with Gasteiger partial charge in [0.2, 0.25) is 0 Å². The number of epoxide rings is 1. The Kier molecular flexibility index (Phi) is 4.37. The average molecular weight is 443 g/mol. The summed E-state index contributed by atoms with van der Waals surface area (Å²) >= 11 is 0. The van der Waals surface area contributed by atoms with Gasteiger partial charge in [0.1, 0.15) is 17.8 Å². The van der Waals surface area contributed by atoms with Crippen molar-refractivity contribution in [1.82, 2.24) is 0 Å². The van der Waals surface area contributed by atoms with Crippen molar-refractivity contribution in [3.05, 3.63) is 34.4 Å². The summed E-state index contributed by atoms with van der Waals surface area (Å²) in [7, 11) is 0. The monoisotopic (exact) mass is 442 g/mol. The molecule has 32 heavy (non-hydrogen) atoms. The summed E-state index contributed by atoms with van der Waals surface area (Å²) in [6.07, 6.45) is 8.20. The van der Waals surface area contributed by atoms with Crippen LogP contribution in [0, 0.1) is 28.6 Å². The van der Waals surface area contributed by atoms with Crippen molar-refractivity contribution in [3.8, 4) is 0 Å². The Bertz CT molecular complexity index is 982. The van der Waals surface area contributed by atoms with Gasteiger partial charge in [-0.25, -0.2) is 4.79 Å². The number of aliphatic hydroxyl groups is 1. The molecule has 1 N–H and O–H groups in total. The zero-order valence-corrected chi connectivity index (χ0v) is 19.2. The van der Waals surface area contributed by atoms with E-state index < -0.39 is 0 Å². The molecule has 6 rings (SSSR count). The lowest BCUT2D eigenvalue weighted by Gasteiger charge is -2.61. The standard InChI is InChI=1S/C26H34O6/c1-14(27)31-22-21(15-4-7-20(29)30-13-15)25(3)11-9-18-19(26(25)23(22)32-26)6-5-16-12-17(28)8-10-24(16,18)2/h4,7,13,16-19,21-23,28H,5-6,8-12H2,1-3H3/t16-,17-,18-,19+,21-,22+,23+,24-,25+,26+/m0/s1. The first-order valence-electron chi connectivity index (χ1n) is 12.3. The Hall–Kier alpha value is -1.66. The summed E-state index contributed by atoms with van der Waals surface area (Å²) in [5.74, 6) is 1.24. The predicted octanol–water partition coefficient (Wildman–Crippen LogP) is 3.80. The molecule has 1 aliphatic heterocycles. The number of aliphatic hydroxyl groups excluding tert-OH is 1. The normalized spacial score (nSPS) is 51.1. The highest BCUT2D eigenvalue weighted by Crippen LogP contribution is 2.78. The second-order valence-corrected chi connectivity index (χ2v) is 11.6. The minimum absolute atomic E-state index is 0.0471. The number of fused-ring (bicyclic) bond motifs is 3. The van der Waals surface area contributed by atoms with Gasteiger partial charge in [0.05, 0.1) is 12.4 Å². The predicted molar refractivity (Wildman–Crippen MR) is 116 cm³/mol. The fourth-order valence-electron chi connectivity index (χ4n) is 9.10. The number of esters is 1. The molecule has 10 atom stereocenters. The topological polar surface area (TPSA) is 89.3 Å². The third-order valence-electron chi connectivity index (χ3n) is 10.5. The molecule has 0 bridgehead atoms. The van der Waals surface area contributed by atoms with E-state index in [0.717, 1.165) is 50.5 Å². The fraction of sp³-hybridized carbons (Fsp3) is 0.769. The van der Waals surface area contributed by atoms with Gasteiger partial charge in [-0.3, -0.25) is 4.79 Å². The molecule has 1 aromatic heterocycles. The first kappa shape index (κ1) is 20.9. The second kappa shape index (κ2) is 6.69. The van der Waals surface area contributed by atoms with Crippen LogP contribution in [0.2, 0.25) is 0 Å². The summed E-state index contributed by atoms with van der Waals surface area (Å²) in [5.41, 5.74) is 0.319. The molecule has 0 unspecified atom stereocenters. The van der Waals surface area contributed by atoms with Crippen LogP contribution in [-0.2, 0) is 14.3 Å². The van der Waals surface area contributed by atoms with Gasteiger partial charge < -0.3 is 19.0 Å². The molecule has 5 aliphatic rings.